The Kier molecular flexibility index (Phi) is 4.30. The van der Waals surface area contributed by atoms with Gasteiger partial charge in [0.2, 0.25) is 0 Å². The van der Waals surface area contributed by atoms with Gasteiger partial charge in [-0.1, -0.05) is 29.8 Å². The topological polar surface area (TPSA) is 67.1 Å². The Morgan fingerprint density at radius 3 is 2.75 bits per heavy atom. The van der Waals surface area contributed by atoms with Crippen LogP contribution in [0, 0.1) is 5.82 Å². The third-order valence-electron chi connectivity index (χ3n) is 5.06. The summed E-state index contributed by atoms with van der Waals surface area (Å²) in [7, 11) is 0. The van der Waals surface area contributed by atoms with Crippen molar-refractivity contribution < 1.29 is 4.39 Å². The maximum atomic E-state index is 15.6. The Morgan fingerprint density at radius 1 is 1.14 bits per heavy atom. The molecular weight excluding hydrogens is 397 g/mol. The summed E-state index contributed by atoms with van der Waals surface area (Å²) in [5, 5.41) is 6.19. The number of hydrogen-bond acceptors (Lipinski definition) is 6. The molecule has 0 unspecified atom stereocenters. The number of piperazine rings is 1. The smallest absolute Gasteiger partial charge is 0.159 e. The standard InChI is InChI=1S/C20H17ClFN5S/c21-14-9-13-19(26-28-20(13)27-7-5-24-6-8-27)18(22)17(14)12-10-16(23)25-15-4-2-1-3-11(12)15/h1-4,9-10,24H,5-8H2,(H2,23,25). The number of halogens is 2. The highest BCUT2D eigenvalue weighted by Gasteiger charge is 2.23. The monoisotopic (exact) mass is 413 g/mol. The van der Waals surface area contributed by atoms with Crippen molar-refractivity contribution in [2.24, 2.45) is 0 Å². The van der Waals surface area contributed by atoms with Crippen LogP contribution in [-0.4, -0.2) is 35.5 Å². The van der Waals surface area contributed by atoms with Crippen LogP contribution in [0.2, 0.25) is 5.02 Å². The van der Waals surface area contributed by atoms with Crippen molar-refractivity contribution >= 4 is 55.8 Å². The maximum Gasteiger partial charge on any atom is 0.159 e. The fraction of sp³-hybridized carbons (Fsp3) is 0.200. The zero-order valence-corrected chi connectivity index (χ0v) is 16.4. The number of nitrogens with two attached hydrogens (primary N) is 1. The number of nitrogens with one attached hydrogen (secondary N) is 1. The SMILES string of the molecule is Nc1cc(-c2c(Cl)cc3c(N4CCNCC4)snc3c2F)c2ccccc2n1. The summed E-state index contributed by atoms with van der Waals surface area (Å²) < 4.78 is 20.0. The summed E-state index contributed by atoms with van der Waals surface area (Å²) in [5.74, 6) is -0.0973. The molecule has 2 aromatic heterocycles. The summed E-state index contributed by atoms with van der Waals surface area (Å²) in [6.45, 7) is 3.53. The highest BCUT2D eigenvalue weighted by atomic mass is 35.5. The van der Waals surface area contributed by atoms with E-state index in [2.05, 4.69) is 19.6 Å². The first-order valence-corrected chi connectivity index (χ1v) is 10.2. The summed E-state index contributed by atoms with van der Waals surface area (Å²) in [4.78, 5) is 6.56. The van der Waals surface area contributed by atoms with Gasteiger partial charge in [0.05, 0.1) is 10.5 Å². The first-order valence-electron chi connectivity index (χ1n) is 9.02. The molecule has 1 aliphatic rings. The number of benzene rings is 2. The van der Waals surface area contributed by atoms with Crippen LogP contribution in [0.1, 0.15) is 0 Å². The average Bonchev–Trinajstić information content (AvgIpc) is 3.12. The quantitative estimate of drug-likeness (QED) is 0.513. The second-order valence-electron chi connectivity index (χ2n) is 6.78. The second kappa shape index (κ2) is 6.84. The zero-order valence-electron chi connectivity index (χ0n) is 14.9. The molecule has 3 N–H and O–H groups in total. The van der Waals surface area contributed by atoms with E-state index in [0.29, 0.717) is 33.0 Å². The van der Waals surface area contributed by atoms with Crippen molar-refractivity contribution in [3.8, 4) is 11.1 Å². The van der Waals surface area contributed by atoms with E-state index in [9.17, 15) is 0 Å². The number of aromatic nitrogens is 2. The minimum Gasteiger partial charge on any atom is -0.384 e. The normalized spacial score (nSPS) is 14.9. The van der Waals surface area contributed by atoms with E-state index in [1.54, 1.807) is 6.07 Å². The number of anilines is 2. The van der Waals surface area contributed by atoms with E-state index in [4.69, 9.17) is 17.3 Å². The van der Waals surface area contributed by atoms with Crippen LogP contribution in [0.25, 0.3) is 32.9 Å². The summed E-state index contributed by atoms with van der Waals surface area (Å²) >= 11 is 7.92. The predicted molar refractivity (Wildman–Crippen MR) is 115 cm³/mol. The lowest BCUT2D eigenvalue weighted by atomic mass is 9.99. The molecule has 0 saturated carbocycles. The van der Waals surface area contributed by atoms with Crippen molar-refractivity contribution in [2.75, 3.05) is 36.8 Å². The second-order valence-corrected chi connectivity index (χ2v) is 7.94. The van der Waals surface area contributed by atoms with E-state index in [1.807, 2.05) is 30.3 Å². The third-order valence-corrected chi connectivity index (χ3v) is 6.28. The van der Waals surface area contributed by atoms with Gasteiger partial charge in [0.15, 0.2) is 5.82 Å². The summed E-state index contributed by atoms with van der Waals surface area (Å²) in [6, 6.07) is 11.0. The number of para-hydroxylation sites is 1. The third kappa shape index (κ3) is 2.78. The van der Waals surface area contributed by atoms with Gasteiger partial charge < -0.3 is 16.0 Å². The fourth-order valence-electron chi connectivity index (χ4n) is 3.74. The molecule has 1 aliphatic heterocycles. The van der Waals surface area contributed by atoms with Crippen molar-refractivity contribution in [3.05, 3.63) is 47.2 Å². The lowest BCUT2D eigenvalue weighted by molar-refractivity contribution is 0.592. The van der Waals surface area contributed by atoms with E-state index in [0.717, 1.165) is 42.0 Å². The molecule has 0 radical (unpaired) electrons. The molecule has 0 atom stereocenters. The number of fused-ring (bicyclic) bond motifs is 2. The number of hydrogen-bond donors (Lipinski definition) is 2. The number of rotatable bonds is 2. The van der Waals surface area contributed by atoms with Crippen LogP contribution < -0.4 is 16.0 Å². The molecule has 4 aromatic rings. The minimum atomic E-state index is -0.420. The van der Waals surface area contributed by atoms with Crippen LogP contribution in [-0.2, 0) is 0 Å². The molecule has 0 spiro atoms. The summed E-state index contributed by atoms with van der Waals surface area (Å²) in [5.41, 5.74) is 7.97. The van der Waals surface area contributed by atoms with Crippen molar-refractivity contribution in [1.29, 1.82) is 0 Å². The number of pyridine rings is 1. The molecule has 2 aromatic carbocycles. The molecule has 8 heteroatoms. The number of nitrogen functional groups attached to an aromatic ring is 1. The average molecular weight is 414 g/mol. The lowest BCUT2D eigenvalue weighted by Crippen LogP contribution is -2.43. The molecule has 0 bridgehead atoms. The largest absolute Gasteiger partial charge is 0.384 e. The van der Waals surface area contributed by atoms with Gasteiger partial charge in [-0.25, -0.2) is 9.37 Å². The van der Waals surface area contributed by atoms with Crippen LogP contribution in [0.15, 0.2) is 36.4 Å². The lowest BCUT2D eigenvalue weighted by Gasteiger charge is -2.28. The van der Waals surface area contributed by atoms with Crippen molar-refractivity contribution in [3.63, 3.8) is 0 Å². The Balaban J connectivity index is 1.74. The Labute approximate surface area is 170 Å². The van der Waals surface area contributed by atoms with E-state index < -0.39 is 5.82 Å². The first kappa shape index (κ1) is 17.6. The van der Waals surface area contributed by atoms with E-state index >= 15 is 4.39 Å². The molecule has 28 heavy (non-hydrogen) atoms. The van der Waals surface area contributed by atoms with Gasteiger partial charge >= 0.3 is 0 Å². The molecule has 1 fully saturated rings. The molecule has 0 amide bonds. The minimum absolute atomic E-state index is 0.316. The van der Waals surface area contributed by atoms with Crippen LogP contribution in [0.4, 0.5) is 15.2 Å². The Hall–Kier alpha value is -2.48. The van der Waals surface area contributed by atoms with Gasteiger partial charge in [-0.05, 0) is 35.3 Å². The highest BCUT2D eigenvalue weighted by molar-refractivity contribution is 7.11. The molecule has 142 valence electrons. The molecule has 5 nitrogen and oxygen atoms in total. The fourth-order valence-corrected chi connectivity index (χ4v) is 4.95. The van der Waals surface area contributed by atoms with E-state index in [1.165, 1.54) is 11.5 Å². The molecule has 1 saturated heterocycles. The Morgan fingerprint density at radius 2 is 1.93 bits per heavy atom. The van der Waals surface area contributed by atoms with Gasteiger partial charge in [0.25, 0.3) is 0 Å². The van der Waals surface area contributed by atoms with Crippen molar-refractivity contribution in [1.82, 2.24) is 14.7 Å². The van der Waals surface area contributed by atoms with Crippen LogP contribution in [0.3, 0.4) is 0 Å². The summed E-state index contributed by atoms with van der Waals surface area (Å²) in [6.07, 6.45) is 0. The predicted octanol–water partition coefficient (Wildman–Crippen LogP) is 4.30. The van der Waals surface area contributed by atoms with Gasteiger partial charge in [0.1, 0.15) is 16.3 Å². The molecular formula is C20H17ClFN5S. The van der Waals surface area contributed by atoms with Gasteiger partial charge in [0, 0.05) is 42.5 Å². The first-order chi connectivity index (χ1) is 13.6. The maximum absolute atomic E-state index is 15.6. The van der Waals surface area contributed by atoms with Gasteiger partial charge in [-0.3, -0.25) is 0 Å². The van der Waals surface area contributed by atoms with Crippen LogP contribution in [0.5, 0.6) is 0 Å². The highest BCUT2D eigenvalue weighted by Crippen LogP contribution is 2.42. The molecule has 3 heterocycles. The van der Waals surface area contributed by atoms with E-state index in [-0.39, 0.29) is 0 Å². The molecule has 0 aliphatic carbocycles. The van der Waals surface area contributed by atoms with Crippen molar-refractivity contribution in [2.45, 2.75) is 0 Å². The molecule has 5 rings (SSSR count). The van der Waals surface area contributed by atoms with Gasteiger partial charge in [-0.15, -0.1) is 0 Å². The number of nitrogens with zero attached hydrogens (tertiary/aromatic N) is 3. The zero-order chi connectivity index (χ0) is 19.3. The Bertz CT molecular complexity index is 1200. The van der Waals surface area contributed by atoms with Crippen LogP contribution >= 0.6 is 23.1 Å². The van der Waals surface area contributed by atoms with Gasteiger partial charge in [-0.2, -0.15) is 4.37 Å².